The van der Waals surface area contributed by atoms with Crippen LogP contribution >= 0.6 is 11.6 Å². The fourth-order valence-electron chi connectivity index (χ4n) is 4.00. The highest BCUT2D eigenvalue weighted by atomic mass is 35.5. The van der Waals surface area contributed by atoms with E-state index in [4.69, 9.17) is 26.7 Å². The summed E-state index contributed by atoms with van der Waals surface area (Å²) >= 11 is 6.25. The quantitative estimate of drug-likeness (QED) is 0.596. The predicted molar refractivity (Wildman–Crippen MR) is 111 cm³/mol. The SMILES string of the molecule is Cc1nn(Cc2cccc3c2OC(C)(C)C3)c(C)c1-c1ccc(C#N)c(Cl)c1. The first kappa shape index (κ1) is 18.6. The molecule has 0 saturated heterocycles. The molecule has 1 aromatic heterocycles. The molecule has 5 heteroatoms. The van der Waals surface area contributed by atoms with Crippen LogP contribution in [-0.4, -0.2) is 15.4 Å². The van der Waals surface area contributed by atoms with E-state index in [1.54, 1.807) is 6.07 Å². The minimum absolute atomic E-state index is 0.169. The third kappa shape index (κ3) is 3.16. The summed E-state index contributed by atoms with van der Waals surface area (Å²) in [6, 6.07) is 14.0. The molecule has 142 valence electrons. The van der Waals surface area contributed by atoms with Gasteiger partial charge in [0.2, 0.25) is 0 Å². The van der Waals surface area contributed by atoms with Crippen molar-refractivity contribution in [3.63, 3.8) is 0 Å². The molecule has 0 bridgehead atoms. The Bertz CT molecular complexity index is 1120. The van der Waals surface area contributed by atoms with E-state index < -0.39 is 0 Å². The van der Waals surface area contributed by atoms with Crippen molar-refractivity contribution in [2.45, 2.75) is 46.3 Å². The third-order valence-electron chi connectivity index (χ3n) is 5.25. The Morgan fingerprint density at radius 3 is 2.75 bits per heavy atom. The van der Waals surface area contributed by atoms with Crippen molar-refractivity contribution in [2.24, 2.45) is 0 Å². The van der Waals surface area contributed by atoms with Gasteiger partial charge in [0.05, 0.1) is 22.8 Å². The van der Waals surface area contributed by atoms with Gasteiger partial charge in [-0.2, -0.15) is 10.4 Å². The Labute approximate surface area is 170 Å². The number of benzene rings is 2. The number of hydrogen-bond donors (Lipinski definition) is 0. The van der Waals surface area contributed by atoms with Crippen molar-refractivity contribution in [3.8, 4) is 22.9 Å². The number of halogens is 1. The molecule has 1 aliphatic rings. The standard InChI is InChI=1S/C23H22ClN3O/c1-14-21(16-8-9-18(12-25)20(24)10-16)15(2)27(26-14)13-19-7-5-6-17-11-23(3,4)28-22(17)19/h5-10H,11,13H2,1-4H3. The molecule has 4 nitrogen and oxygen atoms in total. The zero-order valence-electron chi connectivity index (χ0n) is 16.5. The maximum absolute atomic E-state index is 9.11. The first-order valence-electron chi connectivity index (χ1n) is 9.33. The summed E-state index contributed by atoms with van der Waals surface area (Å²) in [7, 11) is 0. The molecular formula is C23H22ClN3O. The van der Waals surface area contributed by atoms with Gasteiger partial charge in [-0.05, 0) is 51.0 Å². The highest BCUT2D eigenvalue weighted by Crippen LogP contribution is 2.38. The zero-order valence-corrected chi connectivity index (χ0v) is 17.3. The molecule has 3 aromatic rings. The number of rotatable bonds is 3. The van der Waals surface area contributed by atoms with Crippen LogP contribution in [0.15, 0.2) is 36.4 Å². The molecule has 4 rings (SSSR count). The van der Waals surface area contributed by atoms with Crippen LogP contribution in [0.5, 0.6) is 5.75 Å². The summed E-state index contributed by atoms with van der Waals surface area (Å²) < 4.78 is 8.23. The van der Waals surface area contributed by atoms with E-state index in [-0.39, 0.29) is 5.60 Å². The number of fused-ring (bicyclic) bond motifs is 1. The van der Waals surface area contributed by atoms with Gasteiger partial charge in [-0.15, -0.1) is 0 Å². The lowest BCUT2D eigenvalue weighted by molar-refractivity contribution is 0.137. The van der Waals surface area contributed by atoms with E-state index in [2.05, 4.69) is 45.0 Å². The van der Waals surface area contributed by atoms with Crippen molar-refractivity contribution >= 4 is 11.6 Å². The number of nitrogens with zero attached hydrogens (tertiary/aromatic N) is 3. The monoisotopic (exact) mass is 391 g/mol. The fourth-order valence-corrected chi connectivity index (χ4v) is 4.22. The number of aryl methyl sites for hydroxylation is 1. The molecule has 28 heavy (non-hydrogen) atoms. The van der Waals surface area contributed by atoms with Crippen LogP contribution in [-0.2, 0) is 13.0 Å². The van der Waals surface area contributed by atoms with E-state index in [0.29, 0.717) is 17.1 Å². The molecule has 1 aliphatic heterocycles. The molecule has 0 N–H and O–H groups in total. The molecule has 0 aliphatic carbocycles. The average molecular weight is 392 g/mol. The lowest BCUT2D eigenvalue weighted by atomic mass is 10.0. The summed E-state index contributed by atoms with van der Waals surface area (Å²) in [4.78, 5) is 0. The van der Waals surface area contributed by atoms with E-state index in [1.165, 1.54) is 5.56 Å². The maximum atomic E-state index is 9.11. The molecular weight excluding hydrogens is 370 g/mol. The number of aromatic nitrogens is 2. The minimum atomic E-state index is -0.169. The predicted octanol–water partition coefficient (Wildman–Crippen LogP) is 5.45. The summed E-state index contributed by atoms with van der Waals surface area (Å²) in [6.07, 6.45) is 0.919. The van der Waals surface area contributed by atoms with Crippen molar-refractivity contribution in [2.75, 3.05) is 0 Å². The van der Waals surface area contributed by atoms with Gasteiger partial charge >= 0.3 is 0 Å². The second-order valence-electron chi connectivity index (χ2n) is 7.95. The lowest BCUT2D eigenvalue weighted by Crippen LogP contribution is -2.25. The summed E-state index contributed by atoms with van der Waals surface area (Å²) in [5.41, 5.74) is 6.73. The molecule has 0 amide bonds. The van der Waals surface area contributed by atoms with Gasteiger partial charge in [-0.1, -0.05) is 35.9 Å². The smallest absolute Gasteiger partial charge is 0.128 e. The molecule has 2 aromatic carbocycles. The molecule has 0 atom stereocenters. The van der Waals surface area contributed by atoms with Gasteiger partial charge in [0.15, 0.2) is 0 Å². The van der Waals surface area contributed by atoms with Crippen LogP contribution in [0.2, 0.25) is 5.02 Å². The van der Waals surface area contributed by atoms with Crippen LogP contribution in [0.4, 0.5) is 0 Å². The molecule has 0 fully saturated rings. The lowest BCUT2D eigenvalue weighted by Gasteiger charge is -2.18. The average Bonchev–Trinajstić information content (AvgIpc) is 3.10. The largest absolute Gasteiger partial charge is 0.487 e. The van der Waals surface area contributed by atoms with Crippen molar-refractivity contribution in [3.05, 3.63) is 69.5 Å². The Morgan fingerprint density at radius 2 is 2.04 bits per heavy atom. The maximum Gasteiger partial charge on any atom is 0.128 e. The fraction of sp³-hybridized carbons (Fsp3) is 0.304. The van der Waals surface area contributed by atoms with Crippen LogP contribution in [0, 0.1) is 25.2 Å². The minimum Gasteiger partial charge on any atom is -0.487 e. The van der Waals surface area contributed by atoms with Crippen molar-refractivity contribution < 1.29 is 4.74 Å². The van der Waals surface area contributed by atoms with Gasteiger partial charge in [-0.3, -0.25) is 4.68 Å². The van der Waals surface area contributed by atoms with Gasteiger partial charge < -0.3 is 4.74 Å². The highest BCUT2D eigenvalue weighted by Gasteiger charge is 2.31. The Morgan fingerprint density at radius 1 is 1.25 bits per heavy atom. The summed E-state index contributed by atoms with van der Waals surface area (Å²) in [5.74, 6) is 0.989. The molecule has 2 heterocycles. The van der Waals surface area contributed by atoms with E-state index >= 15 is 0 Å². The topological polar surface area (TPSA) is 50.8 Å². The van der Waals surface area contributed by atoms with Gasteiger partial charge in [-0.25, -0.2) is 0 Å². The number of nitriles is 1. The number of ether oxygens (including phenoxy) is 1. The van der Waals surface area contributed by atoms with Gasteiger partial charge in [0.1, 0.15) is 17.4 Å². The summed E-state index contributed by atoms with van der Waals surface area (Å²) in [6.45, 7) is 8.95. The second kappa shape index (κ2) is 6.68. The first-order chi connectivity index (χ1) is 13.3. The number of hydrogen-bond acceptors (Lipinski definition) is 3. The second-order valence-corrected chi connectivity index (χ2v) is 8.36. The number of para-hydroxylation sites is 1. The molecule has 0 radical (unpaired) electrons. The van der Waals surface area contributed by atoms with E-state index in [0.717, 1.165) is 40.2 Å². The van der Waals surface area contributed by atoms with Gasteiger partial charge in [0.25, 0.3) is 0 Å². The van der Waals surface area contributed by atoms with E-state index in [1.807, 2.05) is 23.7 Å². The Hall–Kier alpha value is -2.77. The Balaban J connectivity index is 1.72. The van der Waals surface area contributed by atoms with Crippen LogP contribution in [0.25, 0.3) is 11.1 Å². The summed E-state index contributed by atoms with van der Waals surface area (Å²) in [5, 5.41) is 14.3. The van der Waals surface area contributed by atoms with Crippen molar-refractivity contribution in [1.29, 1.82) is 5.26 Å². The third-order valence-corrected chi connectivity index (χ3v) is 5.57. The first-order valence-corrected chi connectivity index (χ1v) is 9.70. The van der Waals surface area contributed by atoms with Crippen LogP contribution in [0.1, 0.15) is 41.9 Å². The molecule has 0 unspecified atom stereocenters. The highest BCUT2D eigenvalue weighted by molar-refractivity contribution is 6.32. The molecule has 0 spiro atoms. The molecule has 0 saturated carbocycles. The zero-order chi connectivity index (χ0) is 20.1. The van der Waals surface area contributed by atoms with Gasteiger partial charge in [0, 0.05) is 23.2 Å². The normalized spacial score (nSPS) is 14.4. The van der Waals surface area contributed by atoms with Crippen LogP contribution in [0.3, 0.4) is 0 Å². The van der Waals surface area contributed by atoms with E-state index in [9.17, 15) is 0 Å². The van der Waals surface area contributed by atoms with Crippen molar-refractivity contribution in [1.82, 2.24) is 9.78 Å². The Kier molecular flexibility index (Phi) is 4.44. The van der Waals surface area contributed by atoms with Crippen LogP contribution < -0.4 is 4.74 Å².